The zero-order valence-corrected chi connectivity index (χ0v) is 11.0. The molecule has 0 spiro atoms. The summed E-state index contributed by atoms with van der Waals surface area (Å²) in [5.41, 5.74) is 1.12. The van der Waals surface area contributed by atoms with Crippen molar-refractivity contribution in [1.29, 1.82) is 0 Å². The van der Waals surface area contributed by atoms with E-state index >= 15 is 0 Å². The second kappa shape index (κ2) is 5.24. The molecule has 1 aromatic heterocycles. The van der Waals surface area contributed by atoms with E-state index in [-0.39, 0.29) is 24.8 Å². The van der Waals surface area contributed by atoms with Crippen LogP contribution in [0.1, 0.15) is 34.7 Å². The van der Waals surface area contributed by atoms with Crippen LogP contribution in [0.2, 0.25) is 0 Å². The number of carboxylic acids is 1. The molecule has 1 aliphatic carbocycles. The van der Waals surface area contributed by atoms with E-state index in [2.05, 4.69) is 5.16 Å². The van der Waals surface area contributed by atoms with Gasteiger partial charge >= 0.3 is 5.97 Å². The lowest BCUT2D eigenvalue weighted by atomic mass is 9.96. The summed E-state index contributed by atoms with van der Waals surface area (Å²) in [5.74, 6) is -0.664. The summed E-state index contributed by atoms with van der Waals surface area (Å²) >= 11 is 0. The molecular weight excluding hydrogens is 264 g/mol. The number of nitrogens with zero attached hydrogens (tertiary/aromatic N) is 2. The van der Waals surface area contributed by atoms with Crippen LogP contribution in [0.3, 0.4) is 0 Å². The van der Waals surface area contributed by atoms with Crippen molar-refractivity contribution in [3.63, 3.8) is 0 Å². The van der Waals surface area contributed by atoms with Crippen LogP contribution in [0.25, 0.3) is 0 Å². The summed E-state index contributed by atoms with van der Waals surface area (Å²) in [4.78, 5) is 25.1. The number of aromatic nitrogens is 1. The molecule has 1 amide bonds. The second-order valence-corrected chi connectivity index (χ2v) is 5.07. The van der Waals surface area contributed by atoms with Crippen LogP contribution in [-0.2, 0) is 22.4 Å². The zero-order chi connectivity index (χ0) is 14.1. The molecule has 7 heteroatoms. The monoisotopic (exact) mass is 280 g/mol. The number of fused-ring (bicyclic) bond motifs is 1. The minimum absolute atomic E-state index is 0.0150. The molecule has 1 aliphatic heterocycles. The molecule has 108 valence electrons. The van der Waals surface area contributed by atoms with Gasteiger partial charge in [-0.1, -0.05) is 5.16 Å². The number of aliphatic carboxylic acids is 1. The van der Waals surface area contributed by atoms with Gasteiger partial charge in [0.2, 0.25) is 0 Å². The smallest absolute Gasteiger partial charge is 0.328 e. The van der Waals surface area contributed by atoms with Crippen LogP contribution in [0.5, 0.6) is 0 Å². The molecule has 1 unspecified atom stereocenters. The van der Waals surface area contributed by atoms with Crippen molar-refractivity contribution in [3.05, 3.63) is 17.0 Å². The fourth-order valence-electron chi connectivity index (χ4n) is 2.74. The van der Waals surface area contributed by atoms with Gasteiger partial charge in [-0.25, -0.2) is 4.79 Å². The van der Waals surface area contributed by atoms with Crippen molar-refractivity contribution in [2.75, 3.05) is 19.8 Å². The Labute approximate surface area is 115 Å². The van der Waals surface area contributed by atoms with Gasteiger partial charge in [0, 0.05) is 18.5 Å². The molecule has 2 aliphatic rings. The third kappa shape index (κ3) is 2.18. The first-order valence-electron chi connectivity index (χ1n) is 6.77. The van der Waals surface area contributed by atoms with Crippen LogP contribution < -0.4 is 0 Å². The fourth-order valence-corrected chi connectivity index (χ4v) is 2.74. The van der Waals surface area contributed by atoms with E-state index in [0.29, 0.717) is 6.61 Å². The SMILES string of the molecule is O=C(O)C1COCCN1C(=O)c1noc2c1CCCC2. The van der Waals surface area contributed by atoms with Crippen molar-refractivity contribution in [2.24, 2.45) is 0 Å². The Bertz CT molecular complexity index is 539. The highest BCUT2D eigenvalue weighted by atomic mass is 16.5. The molecule has 0 bridgehead atoms. The summed E-state index contributed by atoms with van der Waals surface area (Å²) < 4.78 is 10.4. The molecule has 1 atom stereocenters. The molecule has 1 saturated heterocycles. The van der Waals surface area contributed by atoms with Gasteiger partial charge in [0.1, 0.15) is 5.76 Å². The molecule has 1 fully saturated rings. The van der Waals surface area contributed by atoms with Crippen molar-refractivity contribution in [1.82, 2.24) is 10.1 Å². The summed E-state index contributed by atoms with van der Waals surface area (Å²) in [6.07, 6.45) is 3.59. The van der Waals surface area contributed by atoms with E-state index in [1.807, 2.05) is 0 Å². The molecule has 20 heavy (non-hydrogen) atoms. The minimum atomic E-state index is -1.06. The number of aryl methyl sites for hydroxylation is 1. The third-order valence-corrected chi connectivity index (χ3v) is 3.83. The predicted molar refractivity (Wildman–Crippen MR) is 66.4 cm³/mol. The van der Waals surface area contributed by atoms with Crippen molar-refractivity contribution < 1.29 is 24.0 Å². The number of ether oxygens (including phenoxy) is 1. The number of carbonyl (C=O) groups is 2. The lowest BCUT2D eigenvalue weighted by Crippen LogP contribution is -2.52. The minimum Gasteiger partial charge on any atom is -0.480 e. The first kappa shape index (κ1) is 13.1. The van der Waals surface area contributed by atoms with Gasteiger partial charge in [-0.15, -0.1) is 0 Å². The number of carboxylic acid groups (broad SMARTS) is 1. The van der Waals surface area contributed by atoms with E-state index in [1.54, 1.807) is 0 Å². The van der Waals surface area contributed by atoms with E-state index in [9.17, 15) is 14.7 Å². The van der Waals surface area contributed by atoms with Crippen molar-refractivity contribution in [2.45, 2.75) is 31.7 Å². The zero-order valence-electron chi connectivity index (χ0n) is 11.0. The van der Waals surface area contributed by atoms with Gasteiger partial charge in [-0.3, -0.25) is 4.79 Å². The fraction of sp³-hybridized carbons (Fsp3) is 0.615. The van der Waals surface area contributed by atoms with Crippen LogP contribution in [0.4, 0.5) is 0 Å². The summed E-state index contributed by atoms with van der Waals surface area (Å²) in [6.45, 7) is 0.619. The quantitative estimate of drug-likeness (QED) is 0.847. The Morgan fingerprint density at radius 3 is 2.90 bits per heavy atom. The number of rotatable bonds is 2. The van der Waals surface area contributed by atoms with Crippen molar-refractivity contribution in [3.8, 4) is 0 Å². The molecule has 1 N–H and O–H groups in total. The maximum Gasteiger partial charge on any atom is 0.328 e. The largest absolute Gasteiger partial charge is 0.480 e. The summed E-state index contributed by atoms with van der Waals surface area (Å²) in [5, 5.41) is 13.0. The molecule has 3 rings (SSSR count). The average molecular weight is 280 g/mol. The van der Waals surface area contributed by atoms with Crippen LogP contribution in [-0.4, -0.2) is 52.8 Å². The number of morpholine rings is 1. The number of amides is 1. The molecule has 0 aromatic carbocycles. The van der Waals surface area contributed by atoms with Crippen LogP contribution >= 0.6 is 0 Å². The molecular formula is C13H16N2O5. The Morgan fingerprint density at radius 1 is 1.30 bits per heavy atom. The average Bonchev–Trinajstić information content (AvgIpc) is 2.90. The molecule has 0 radical (unpaired) electrons. The van der Waals surface area contributed by atoms with Gasteiger partial charge in [-0.2, -0.15) is 0 Å². The van der Waals surface area contributed by atoms with Crippen LogP contribution in [0, 0.1) is 0 Å². The lowest BCUT2D eigenvalue weighted by Gasteiger charge is -2.32. The molecule has 2 heterocycles. The number of hydrogen-bond donors (Lipinski definition) is 1. The maximum atomic E-state index is 12.5. The Morgan fingerprint density at radius 2 is 2.10 bits per heavy atom. The maximum absolute atomic E-state index is 12.5. The molecule has 1 aromatic rings. The normalized spacial score (nSPS) is 22.4. The Balaban J connectivity index is 1.87. The number of hydrogen-bond acceptors (Lipinski definition) is 5. The molecule has 0 saturated carbocycles. The Hall–Kier alpha value is -1.89. The van der Waals surface area contributed by atoms with E-state index in [1.165, 1.54) is 4.90 Å². The second-order valence-electron chi connectivity index (χ2n) is 5.07. The van der Waals surface area contributed by atoms with E-state index in [4.69, 9.17) is 9.26 Å². The van der Waals surface area contributed by atoms with Gasteiger partial charge in [-0.05, 0) is 19.3 Å². The topological polar surface area (TPSA) is 92.9 Å². The first-order chi connectivity index (χ1) is 9.68. The van der Waals surface area contributed by atoms with Crippen molar-refractivity contribution >= 4 is 11.9 Å². The predicted octanol–water partition coefficient (Wildman–Crippen LogP) is 0.479. The standard InChI is InChI=1S/C13H16N2O5/c16-12(15-5-6-19-7-9(15)13(17)18)11-8-3-1-2-4-10(8)20-14-11/h9H,1-7H2,(H,17,18). The summed E-state index contributed by atoms with van der Waals surface area (Å²) in [7, 11) is 0. The first-order valence-corrected chi connectivity index (χ1v) is 6.77. The van der Waals surface area contributed by atoms with Gasteiger partial charge < -0.3 is 19.3 Å². The molecule has 7 nitrogen and oxygen atoms in total. The third-order valence-electron chi connectivity index (χ3n) is 3.83. The highest BCUT2D eigenvalue weighted by Gasteiger charge is 2.36. The highest BCUT2D eigenvalue weighted by Crippen LogP contribution is 2.25. The highest BCUT2D eigenvalue weighted by molar-refractivity contribution is 5.96. The van der Waals surface area contributed by atoms with Gasteiger partial charge in [0.25, 0.3) is 5.91 Å². The van der Waals surface area contributed by atoms with E-state index < -0.39 is 12.0 Å². The van der Waals surface area contributed by atoms with Gasteiger partial charge in [0.15, 0.2) is 11.7 Å². The van der Waals surface area contributed by atoms with E-state index in [0.717, 1.165) is 37.0 Å². The Kier molecular flexibility index (Phi) is 3.43. The van der Waals surface area contributed by atoms with Gasteiger partial charge in [0.05, 0.1) is 13.2 Å². The lowest BCUT2D eigenvalue weighted by molar-refractivity contribution is -0.147. The number of carbonyl (C=O) groups excluding carboxylic acids is 1. The van der Waals surface area contributed by atoms with Crippen LogP contribution in [0.15, 0.2) is 4.52 Å². The summed E-state index contributed by atoms with van der Waals surface area (Å²) in [6, 6.07) is -0.952.